The third-order valence-corrected chi connectivity index (χ3v) is 3.63. The van der Waals surface area contributed by atoms with Crippen LogP contribution >= 0.6 is 0 Å². The van der Waals surface area contributed by atoms with Gasteiger partial charge in [0.15, 0.2) is 12.4 Å². The van der Waals surface area contributed by atoms with Crippen molar-refractivity contribution in [1.29, 1.82) is 5.26 Å². The molecule has 0 aromatic heterocycles. The minimum atomic E-state index is -0.887. The van der Waals surface area contributed by atoms with E-state index in [2.05, 4.69) is 5.32 Å². The number of anilines is 1. The molecule has 7 nitrogen and oxygen atoms in total. The topological polar surface area (TPSA) is 105 Å². The fraction of sp³-hybridized carbons (Fsp3) is 0.143. The molecule has 0 aliphatic heterocycles. The van der Waals surface area contributed by atoms with Crippen LogP contribution < -0.4 is 10.1 Å². The van der Waals surface area contributed by atoms with Crippen LogP contribution in [0.15, 0.2) is 54.1 Å². The highest BCUT2D eigenvalue weighted by molar-refractivity contribution is 6.02. The quantitative estimate of drug-likeness (QED) is 0.344. The maximum Gasteiger partial charge on any atom is 0.349 e. The van der Waals surface area contributed by atoms with Crippen molar-refractivity contribution >= 4 is 29.4 Å². The lowest BCUT2D eigenvalue weighted by atomic mass is 10.1. The van der Waals surface area contributed by atoms with E-state index in [4.69, 9.17) is 9.47 Å². The Morgan fingerprint density at radius 2 is 1.71 bits per heavy atom. The molecule has 0 fully saturated rings. The highest BCUT2D eigenvalue weighted by Crippen LogP contribution is 2.15. The van der Waals surface area contributed by atoms with E-state index in [0.29, 0.717) is 22.6 Å². The molecule has 2 rings (SSSR count). The van der Waals surface area contributed by atoms with Crippen LogP contribution in [0.4, 0.5) is 5.69 Å². The van der Waals surface area contributed by atoms with Crippen LogP contribution in [0.5, 0.6) is 5.75 Å². The minimum Gasteiger partial charge on any atom is -0.497 e. The zero-order valence-corrected chi connectivity index (χ0v) is 15.4. The average molecular weight is 378 g/mol. The molecule has 0 saturated heterocycles. The van der Waals surface area contributed by atoms with Gasteiger partial charge in [0.2, 0.25) is 5.91 Å². The standard InChI is InChI=1S/C21H18N2O5/c1-14(24)23-18-7-5-16(6-8-18)20(25)13-28-21(26)17(12-22)11-15-3-9-19(27-2)10-4-15/h3-11H,13H2,1-2H3,(H,23,24)/b17-11+. The summed E-state index contributed by atoms with van der Waals surface area (Å²) in [4.78, 5) is 35.2. The van der Waals surface area contributed by atoms with Gasteiger partial charge in [0, 0.05) is 18.2 Å². The molecule has 28 heavy (non-hydrogen) atoms. The van der Waals surface area contributed by atoms with Crippen LogP contribution in [0, 0.1) is 11.3 Å². The maximum atomic E-state index is 12.1. The van der Waals surface area contributed by atoms with Gasteiger partial charge in [-0.05, 0) is 48.0 Å². The number of nitrogens with zero attached hydrogens (tertiary/aromatic N) is 1. The number of ketones is 1. The second kappa shape index (κ2) is 9.69. The predicted molar refractivity (Wildman–Crippen MR) is 103 cm³/mol. The number of benzene rings is 2. The molecular formula is C21H18N2O5. The lowest BCUT2D eigenvalue weighted by Gasteiger charge is -2.06. The number of nitrogens with one attached hydrogen (secondary N) is 1. The molecule has 142 valence electrons. The number of carbonyl (C=O) groups is 3. The number of amides is 1. The van der Waals surface area contributed by atoms with Gasteiger partial charge in [0.1, 0.15) is 17.4 Å². The van der Waals surface area contributed by atoms with Crippen LogP contribution in [-0.2, 0) is 14.3 Å². The van der Waals surface area contributed by atoms with Crippen molar-refractivity contribution in [2.45, 2.75) is 6.92 Å². The zero-order chi connectivity index (χ0) is 20.5. The highest BCUT2D eigenvalue weighted by atomic mass is 16.5. The summed E-state index contributed by atoms with van der Waals surface area (Å²) in [5, 5.41) is 11.8. The van der Waals surface area contributed by atoms with Gasteiger partial charge in [0.25, 0.3) is 0 Å². The highest BCUT2D eigenvalue weighted by Gasteiger charge is 2.14. The molecule has 2 aromatic rings. The first-order valence-electron chi connectivity index (χ1n) is 8.26. The van der Waals surface area contributed by atoms with Crippen LogP contribution in [0.2, 0.25) is 0 Å². The van der Waals surface area contributed by atoms with E-state index >= 15 is 0 Å². The summed E-state index contributed by atoms with van der Waals surface area (Å²) in [6.45, 7) is 0.880. The Kier molecular flexibility index (Phi) is 7.06. The van der Waals surface area contributed by atoms with Gasteiger partial charge in [0.05, 0.1) is 7.11 Å². The molecule has 0 unspecified atom stereocenters. The fourth-order valence-electron chi connectivity index (χ4n) is 2.24. The molecule has 1 N–H and O–H groups in total. The number of rotatable bonds is 7. The molecule has 0 atom stereocenters. The largest absolute Gasteiger partial charge is 0.497 e. The zero-order valence-electron chi connectivity index (χ0n) is 15.4. The first-order valence-corrected chi connectivity index (χ1v) is 8.26. The molecule has 7 heteroatoms. The lowest BCUT2D eigenvalue weighted by Crippen LogP contribution is -2.15. The molecule has 0 spiro atoms. The predicted octanol–water partition coefficient (Wildman–Crippen LogP) is 2.99. The summed E-state index contributed by atoms with van der Waals surface area (Å²) < 4.78 is 10.00. The number of methoxy groups -OCH3 is 1. The van der Waals surface area contributed by atoms with Crippen molar-refractivity contribution in [1.82, 2.24) is 0 Å². The third kappa shape index (κ3) is 5.81. The van der Waals surface area contributed by atoms with E-state index in [0.717, 1.165) is 0 Å². The third-order valence-electron chi connectivity index (χ3n) is 3.63. The van der Waals surface area contributed by atoms with Crippen molar-refractivity contribution in [2.75, 3.05) is 19.0 Å². The van der Waals surface area contributed by atoms with Crippen LogP contribution in [-0.4, -0.2) is 31.4 Å². The summed E-state index contributed by atoms with van der Waals surface area (Å²) >= 11 is 0. The molecule has 0 saturated carbocycles. The number of hydrogen-bond donors (Lipinski definition) is 1. The van der Waals surface area contributed by atoms with Gasteiger partial charge in [-0.1, -0.05) is 12.1 Å². The monoisotopic (exact) mass is 378 g/mol. The Morgan fingerprint density at radius 1 is 1.07 bits per heavy atom. The molecule has 2 aromatic carbocycles. The Morgan fingerprint density at radius 3 is 2.25 bits per heavy atom. The van der Waals surface area contributed by atoms with E-state index in [1.165, 1.54) is 32.2 Å². The maximum absolute atomic E-state index is 12.1. The lowest BCUT2D eigenvalue weighted by molar-refractivity contribution is -0.137. The Labute approximate surface area is 162 Å². The second-order valence-corrected chi connectivity index (χ2v) is 5.70. The fourth-order valence-corrected chi connectivity index (χ4v) is 2.24. The van der Waals surface area contributed by atoms with Crippen molar-refractivity contribution in [3.05, 3.63) is 65.2 Å². The summed E-state index contributed by atoms with van der Waals surface area (Å²) in [6, 6.07) is 14.7. The number of hydrogen-bond acceptors (Lipinski definition) is 6. The van der Waals surface area contributed by atoms with Gasteiger partial charge in [-0.15, -0.1) is 0 Å². The number of carbonyl (C=O) groups excluding carboxylic acids is 3. The van der Waals surface area contributed by atoms with E-state index in [1.807, 2.05) is 0 Å². The van der Waals surface area contributed by atoms with Crippen LogP contribution in [0.25, 0.3) is 6.08 Å². The van der Waals surface area contributed by atoms with Crippen molar-refractivity contribution in [3.63, 3.8) is 0 Å². The van der Waals surface area contributed by atoms with E-state index in [9.17, 15) is 19.6 Å². The summed E-state index contributed by atoms with van der Waals surface area (Å²) in [5.74, 6) is -0.889. The SMILES string of the molecule is COc1ccc(/C=C(\C#N)C(=O)OCC(=O)c2ccc(NC(C)=O)cc2)cc1. The normalized spacial score (nSPS) is 10.5. The molecule has 0 heterocycles. The molecule has 0 radical (unpaired) electrons. The Bertz CT molecular complexity index is 938. The Balaban J connectivity index is 1.98. The van der Waals surface area contributed by atoms with Crippen molar-refractivity contribution in [3.8, 4) is 11.8 Å². The van der Waals surface area contributed by atoms with E-state index < -0.39 is 18.4 Å². The second-order valence-electron chi connectivity index (χ2n) is 5.70. The van der Waals surface area contributed by atoms with Crippen LogP contribution in [0.1, 0.15) is 22.8 Å². The molecule has 1 amide bonds. The average Bonchev–Trinajstić information content (AvgIpc) is 2.70. The molecule has 0 bridgehead atoms. The van der Waals surface area contributed by atoms with Gasteiger partial charge >= 0.3 is 5.97 Å². The number of nitriles is 1. The minimum absolute atomic E-state index is 0.222. The van der Waals surface area contributed by atoms with Gasteiger partial charge in [-0.25, -0.2) is 4.79 Å². The molecular weight excluding hydrogens is 360 g/mol. The van der Waals surface area contributed by atoms with Gasteiger partial charge in [-0.2, -0.15) is 5.26 Å². The van der Waals surface area contributed by atoms with Crippen LogP contribution in [0.3, 0.4) is 0 Å². The smallest absolute Gasteiger partial charge is 0.349 e. The summed E-state index contributed by atoms with van der Waals surface area (Å²) in [7, 11) is 1.54. The summed E-state index contributed by atoms with van der Waals surface area (Å²) in [6.07, 6.45) is 1.37. The van der Waals surface area contributed by atoms with E-state index in [1.54, 1.807) is 42.5 Å². The molecule has 0 aliphatic rings. The Hall–Kier alpha value is -3.92. The number of ether oxygens (including phenoxy) is 2. The van der Waals surface area contributed by atoms with Gasteiger partial charge in [-0.3, -0.25) is 9.59 Å². The first-order chi connectivity index (χ1) is 13.4. The summed E-state index contributed by atoms with van der Waals surface area (Å²) in [5.41, 5.74) is 1.27. The van der Waals surface area contributed by atoms with Gasteiger partial charge < -0.3 is 14.8 Å². The van der Waals surface area contributed by atoms with Crippen molar-refractivity contribution < 1.29 is 23.9 Å². The van der Waals surface area contributed by atoms with E-state index in [-0.39, 0.29) is 11.5 Å². The number of esters is 1. The van der Waals surface area contributed by atoms with Crippen molar-refractivity contribution in [2.24, 2.45) is 0 Å². The first kappa shape index (κ1) is 20.4. The molecule has 0 aliphatic carbocycles. The number of Topliss-reactive ketones (excluding diaryl/α,β-unsaturated/α-hetero) is 1.